The molecule has 1 saturated carbocycles. The molecule has 0 bridgehead atoms. The van der Waals surface area contributed by atoms with Crippen molar-refractivity contribution in [2.75, 3.05) is 24.7 Å². The van der Waals surface area contributed by atoms with Crippen molar-refractivity contribution in [3.8, 4) is 0 Å². The summed E-state index contributed by atoms with van der Waals surface area (Å²) in [6.07, 6.45) is 3.77. The maximum atomic E-state index is 14.4. The van der Waals surface area contributed by atoms with Gasteiger partial charge in [0.15, 0.2) is 0 Å². The molecule has 0 spiro atoms. The molecule has 2 heterocycles. The molecule has 2 N–H and O–H groups in total. The van der Waals surface area contributed by atoms with Crippen LogP contribution in [0.2, 0.25) is 0 Å². The minimum Gasteiger partial charge on any atom is -0.372 e. The molecule has 0 saturated heterocycles. The van der Waals surface area contributed by atoms with Crippen molar-refractivity contribution in [3.63, 3.8) is 0 Å². The van der Waals surface area contributed by atoms with E-state index in [1.165, 1.54) is 42.1 Å². The molecule has 3 aliphatic rings. The van der Waals surface area contributed by atoms with E-state index in [4.69, 9.17) is 0 Å². The highest BCUT2D eigenvalue weighted by Gasteiger charge is 2.36. The summed E-state index contributed by atoms with van der Waals surface area (Å²) in [5, 5.41) is 6.41. The van der Waals surface area contributed by atoms with Gasteiger partial charge in [0.05, 0.1) is 23.7 Å². The molecule has 2 aromatic carbocycles. The lowest BCUT2D eigenvalue weighted by Crippen LogP contribution is -2.45. The van der Waals surface area contributed by atoms with Crippen LogP contribution in [0.1, 0.15) is 49.7 Å². The van der Waals surface area contributed by atoms with Gasteiger partial charge < -0.3 is 15.5 Å². The summed E-state index contributed by atoms with van der Waals surface area (Å²) in [5.74, 6) is 0.123. The maximum absolute atomic E-state index is 14.4. The van der Waals surface area contributed by atoms with E-state index >= 15 is 0 Å². The molecule has 11 heteroatoms. The predicted molar refractivity (Wildman–Crippen MR) is 137 cm³/mol. The Balaban J connectivity index is 1.50. The number of alkyl halides is 3. The highest BCUT2D eigenvalue weighted by atomic mass is 32.2. The zero-order valence-corrected chi connectivity index (χ0v) is 21.8. The van der Waals surface area contributed by atoms with Gasteiger partial charge in [-0.1, -0.05) is 25.7 Å². The third kappa shape index (κ3) is 5.78. The highest BCUT2D eigenvalue weighted by molar-refractivity contribution is 7.89. The summed E-state index contributed by atoms with van der Waals surface area (Å²) >= 11 is 0. The average Bonchev–Trinajstić information content (AvgIpc) is 3.56. The zero-order valence-electron chi connectivity index (χ0n) is 21.0. The summed E-state index contributed by atoms with van der Waals surface area (Å²) in [6, 6.07) is 7.81. The van der Waals surface area contributed by atoms with E-state index in [1.54, 1.807) is 6.07 Å². The van der Waals surface area contributed by atoms with Gasteiger partial charge >= 0.3 is 6.18 Å². The Labute approximate surface area is 220 Å². The molecular formula is C27H32F4N4O2S. The van der Waals surface area contributed by atoms with Crippen LogP contribution in [0.4, 0.5) is 23.2 Å². The molecule has 1 fully saturated rings. The van der Waals surface area contributed by atoms with Crippen LogP contribution in [0, 0.1) is 11.7 Å². The van der Waals surface area contributed by atoms with E-state index in [9.17, 15) is 26.0 Å². The molecule has 2 aliphatic heterocycles. The average molecular weight is 553 g/mol. The van der Waals surface area contributed by atoms with Crippen molar-refractivity contribution in [1.29, 1.82) is 0 Å². The van der Waals surface area contributed by atoms with Crippen LogP contribution in [0.25, 0.3) is 0 Å². The van der Waals surface area contributed by atoms with Crippen molar-refractivity contribution in [1.82, 2.24) is 14.9 Å². The molecule has 0 amide bonds. The predicted octanol–water partition coefficient (Wildman–Crippen LogP) is 5.19. The topological polar surface area (TPSA) is 64.7 Å². The Morgan fingerprint density at radius 2 is 1.74 bits per heavy atom. The van der Waals surface area contributed by atoms with Crippen LogP contribution in [0.3, 0.4) is 0 Å². The summed E-state index contributed by atoms with van der Waals surface area (Å²) in [6.45, 7) is 1.17. The fourth-order valence-corrected chi connectivity index (χ4v) is 7.21. The van der Waals surface area contributed by atoms with Gasteiger partial charge in [0.2, 0.25) is 10.0 Å². The third-order valence-corrected chi connectivity index (χ3v) is 9.62. The quantitative estimate of drug-likeness (QED) is 0.463. The lowest BCUT2D eigenvalue weighted by atomic mass is 9.97. The Morgan fingerprint density at radius 3 is 2.39 bits per heavy atom. The second-order valence-corrected chi connectivity index (χ2v) is 12.3. The molecule has 1 atom stereocenters. The Bertz CT molecular complexity index is 1270. The third-order valence-electron chi connectivity index (χ3n) is 7.79. The van der Waals surface area contributed by atoms with Crippen LogP contribution >= 0.6 is 0 Å². The number of rotatable bonds is 7. The largest absolute Gasteiger partial charge is 0.416 e. The first-order valence-corrected chi connectivity index (χ1v) is 14.4. The molecule has 2 aromatic rings. The number of nitrogens with zero attached hydrogens (tertiary/aromatic N) is 2. The first-order chi connectivity index (χ1) is 18.1. The van der Waals surface area contributed by atoms with E-state index in [0.29, 0.717) is 24.7 Å². The van der Waals surface area contributed by atoms with E-state index in [1.807, 2.05) is 6.20 Å². The van der Waals surface area contributed by atoms with Crippen LogP contribution in [-0.4, -0.2) is 38.5 Å². The minimum atomic E-state index is -4.56. The van der Waals surface area contributed by atoms with Crippen molar-refractivity contribution < 1.29 is 26.0 Å². The fourth-order valence-electron chi connectivity index (χ4n) is 5.76. The minimum absolute atomic E-state index is 0.0718. The van der Waals surface area contributed by atoms with Crippen LogP contribution in [0.5, 0.6) is 0 Å². The Hall–Kier alpha value is -2.79. The summed E-state index contributed by atoms with van der Waals surface area (Å²) < 4.78 is 82.4. The molecule has 6 nitrogen and oxygen atoms in total. The van der Waals surface area contributed by atoms with E-state index in [2.05, 4.69) is 15.5 Å². The molecule has 0 aromatic heterocycles. The van der Waals surface area contributed by atoms with Crippen molar-refractivity contribution >= 4 is 15.7 Å². The van der Waals surface area contributed by atoms with Gasteiger partial charge in [-0.3, -0.25) is 0 Å². The first-order valence-electron chi connectivity index (χ1n) is 13.0. The fraction of sp³-hybridized carbons (Fsp3) is 0.481. The van der Waals surface area contributed by atoms with Crippen molar-refractivity contribution in [3.05, 3.63) is 71.3 Å². The molecule has 206 valence electrons. The number of hydrogen-bond donors (Lipinski definition) is 2. The van der Waals surface area contributed by atoms with E-state index in [0.717, 1.165) is 48.5 Å². The Morgan fingerprint density at radius 1 is 1.00 bits per heavy atom. The van der Waals surface area contributed by atoms with Crippen molar-refractivity contribution in [2.24, 2.45) is 5.92 Å². The number of nitrogens with one attached hydrogen (secondary N) is 2. The Kier molecular flexibility index (Phi) is 7.59. The number of sulfonamides is 1. The van der Waals surface area contributed by atoms with Gasteiger partial charge in [-0.05, 0) is 66.8 Å². The molecule has 38 heavy (non-hydrogen) atoms. The molecule has 5 rings (SSSR count). The van der Waals surface area contributed by atoms with Gasteiger partial charge in [-0.2, -0.15) is 17.5 Å². The molecule has 0 radical (unpaired) electrons. The zero-order chi connectivity index (χ0) is 26.9. The summed E-state index contributed by atoms with van der Waals surface area (Å²) in [5.41, 5.74) is 1.33. The lowest BCUT2D eigenvalue weighted by Gasteiger charge is -2.35. The SMILES string of the molecule is O=S(=O)(c1ccc(C(F)(F)F)cc1)N1Cc2cc(F)ccc2N(CC2=CNCN2)C(CCC2CCCC2)C1. The molecule has 1 unspecified atom stereocenters. The smallest absolute Gasteiger partial charge is 0.372 e. The summed E-state index contributed by atoms with van der Waals surface area (Å²) in [7, 11) is -4.15. The second-order valence-electron chi connectivity index (χ2n) is 10.3. The van der Waals surface area contributed by atoms with Crippen molar-refractivity contribution in [2.45, 2.75) is 62.2 Å². The first kappa shape index (κ1) is 26.8. The maximum Gasteiger partial charge on any atom is 0.416 e. The molecular weight excluding hydrogens is 520 g/mol. The van der Waals surface area contributed by atoms with Crippen LogP contribution < -0.4 is 15.5 Å². The standard InChI is InChI=1S/C27H32F4N4O2S/c28-22-8-12-26-20(13-22)15-34(38(36,37)25-10-6-21(7-11-25)27(29,30)31)17-24(9-5-19-3-1-2-4-19)35(26)16-23-14-32-18-33-23/h6-8,10-14,19,24,32-33H,1-5,9,15-18H2. The van der Waals surface area contributed by atoms with E-state index in [-0.39, 0.29) is 24.0 Å². The second kappa shape index (κ2) is 10.8. The van der Waals surface area contributed by atoms with Gasteiger partial charge in [0, 0.05) is 36.7 Å². The van der Waals surface area contributed by atoms with Gasteiger partial charge in [-0.15, -0.1) is 0 Å². The van der Waals surface area contributed by atoms with Gasteiger partial charge in [0.1, 0.15) is 5.82 Å². The van der Waals surface area contributed by atoms with E-state index < -0.39 is 27.6 Å². The number of fused-ring (bicyclic) bond motifs is 1. The highest BCUT2D eigenvalue weighted by Crippen LogP contribution is 2.36. The lowest BCUT2D eigenvalue weighted by molar-refractivity contribution is -0.137. The van der Waals surface area contributed by atoms with Crippen LogP contribution in [-0.2, 0) is 22.7 Å². The van der Waals surface area contributed by atoms with Gasteiger partial charge in [0.25, 0.3) is 0 Å². The molecule has 1 aliphatic carbocycles. The number of halogens is 4. The van der Waals surface area contributed by atoms with Gasteiger partial charge in [-0.25, -0.2) is 12.8 Å². The summed E-state index contributed by atoms with van der Waals surface area (Å²) in [4.78, 5) is 1.94. The number of hydrogen-bond acceptors (Lipinski definition) is 5. The normalized spacial score (nSPS) is 21.0. The van der Waals surface area contributed by atoms with Crippen LogP contribution in [0.15, 0.2) is 59.3 Å². The number of anilines is 1. The monoisotopic (exact) mass is 552 g/mol. The number of benzene rings is 2.